The van der Waals surface area contributed by atoms with Gasteiger partial charge in [0.05, 0.1) is 13.4 Å². The molecule has 0 bridgehead atoms. The molecule has 0 aromatic heterocycles. The summed E-state index contributed by atoms with van der Waals surface area (Å²) in [4.78, 5) is 11.9. The molecule has 4 aliphatic rings. The van der Waals surface area contributed by atoms with E-state index in [1.807, 2.05) is 6.26 Å². The van der Waals surface area contributed by atoms with Crippen molar-refractivity contribution in [3.05, 3.63) is 24.5 Å². The van der Waals surface area contributed by atoms with Crippen molar-refractivity contribution in [1.82, 2.24) is 0 Å². The summed E-state index contributed by atoms with van der Waals surface area (Å²) in [6, 6.07) is 0. The number of carbonyl (C=O) groups excluding carboxylic acids is 1. The van der Waals surface area contributed by atoms with Gasteiger partial charge >= 0.3 is 0 Å². The Balaban J connectivity index is 1.62. The van der Waals surface area contributed by atoms with Gasteiger partial charge < -0.3 is 4.74 Å². The molecule has 0 heterocycles. The van der Waals surface area contributed by atoms with Crippen LogP contribution >= 0.6 is 0 Å². The predicted molar refractivity (Wildman–Crippen MR) is 91.7 cm³/mol. The fourth-order valence-corrected chi connectivity index (χ4v) is 6.73. The van der Waals surface area contributed by atoms with Gasteiger partial charge in [-0.05, 0) is 73.7 Å². The third kappa shape index (κ3) is 2.24. The molecule has 4 aliphatic carbocycles. The van der Waals surface area contributed by atoms with Crippen LogP contribution in [0.5, 0.6) is 0 Å². The van der Waals surface area contributed by atoms with Crippen molar-refractivity contribution >= 4 is 5.78 Å². The summed E-state index contributed by atoms with van der Waals surface area (Å²) in [6.45, 7) is 2.52. The standard InChI is InChI=1S/C21H30O2/c1-20-10-7-16(22)14-15(20)5-6-17-18(20)8-11-21(12-13-23-2)9-3-4-19(17)21/h3,9,12-13,15,17-19H,4-8,10-11,14H2,1-2H3/t15-,17+,18-,19-,20-,21-/m0/s1. The lowest BCUT2D eigenvalue weighted by atomic mass is 9.45. The number of hydrogen-bond donors (Lipinski definition) is 0. The highest BCUT2D eigenvalue weighted by Crippen LogP contribution is 2.65. The van der Waals surface area contributed by atoms with E-state index in [1.54, 1.807) is 7.11 Å². The summed E-state index contributed by atoms with van der Waals surface area (Å²) in [7, 11) is 1.75. The van der Waals surface area contributed by atoms with Crippen molar-refractivity contribution in [2.45, 2.75) is 58.3 Å². The number of fused-ring (bicyclic) bond motifs is 5. The summed E-state index contributed by atoms with van der Waals surface area (Å²) < 4.78 is 5.25. The lowest BCUT2D eigenvalue weighted by molar-refractivity contribution is -0.135. The molecular weight excluding hydrogens is 284 g/mol. The first-order valence-electron chi connectivity index (χ1n) is 9.49. The van der Waals surface area contributed by atoms with Crippen LogP contribution in [0.3, 0.4) is 0 Å². The van der Waals surface area contributed by atoms with E-state index in [-0.39, 0.29) is 5.41 Å². The maximum absolute atomic E-state index is 11.9. The molecule has 0 amide bonds. The highest BCUT2D eigenvalue weighted by molar-refractivity contribution is 5.79. The van der Waals surface area contributed by atoms with E-state index in [9.17, 15) is 4.79 Å². The number of Topliss-reactive ketones (excluding diaryl/α,β-unsaturated/α-hetero) is 1. The second-order valence-electron chi connectivity index (χ2n) is 8.73. The zero-order valence-electron chi connectivity index (χ0n) is 14.6. The molecule has 6 atom stereocenters. The SMILES string of the molecule is COC=C[C@@]12C=CC[C@H]1[C@@H]1CC[C@H]3CC(=O)CC[C@]3(C)[C@H]1CC2. The number of ketones is 1. The van der Waals surface area contributed by atoms with E-state index < -0.39 is 0 Å². The minimum Gasteiger partial charge on any atom is -0.505 e. The maximum Gasteiger partial charge on any atom is 0.133 e. The zero-order chi connectivity index (χ0) is 16.1. The Labute approximate surface area is 140 Å². The lowest BCUT2D eigenvalue weighted by Crippen LogP contribution is -2.53. The van der Waals surface area contributed by atoms with Crippen LogP contribution in [-0.4, -0.2) is 12.9 Å². The minimum atomic E-state index is 0.241. The zero-order valence-corrected chi connectivity index (χ0v) is 14.6. The highest BCUT2D eigenvalue weighted by Gasteiger charge is 2.57. The topological polar surface area (TPSA) is 26.3 Å². The molecule has 126 valence electrons. The molecule has 0 spiro atoms. The van der Waals surface area contributed by atoms with Crippen molar-refractivity contribution in [2.24, 2.45) is 34.5 Å². The van der Waals surface area contributed by atoms with Gasteiger partial charge in [-0.3, -0.25) is 4.79 Å². The second kappa shape index (κ2) is 5.50. The van der Waals surface area contributed by atoms with Crippen molar-refractivity contribution < 1.29 is 9.53 Å². The van der Waals surface area contributed by atoms with Crippen LogP contribution in [0.4, 0.5) is 0 Å². The van der Waals surface area contributed by atoms with Crippen molar-refractivity contribution in [1.29, 1.82) is 0 Å². The van der Waals surface area contributed by atoms with E-state index in [0.717, 1.165) is 37.0 Å². The van der Waals surface area contributed by atoms with E-state index in [4.69, 9.17) is 4.74 Å². The number of methoxy groups -OCH3 is 1. The van der Waals surface area contributed by atoms with E-state index in [1.165, 1.54) is 32.1 Å². The fraction of sp³-hybridized carbons (Fsp3) is 0.762. The van der Waals surface area contributed by atoms with Gasteiger partial charge in [0.1, 0.15) is 5.78 Å². The van der Waals surface area contributed by atoms with Crippen LogP contribution in [-0.2, 0) is 9.53 Å². The normalized spacial score (nSPS) is 48.9. The van der Waals surface area contributed by atoms with Gasteiger partial charge in [0, 0.05) is 18.3 Å². The minimum absolute atomic E-state index is 0.241. The van der Waals surface area contributed by atoms with Gasteiger partial charge in [-0.2, -0.15) is 0 Å². The summed E-state index contributed by atoms with van der Waals surface area (Å²) in [5.41, 5.74) is 0.654. The van der Waals surface area contributed by atoms with Crippen LogP contribution in [0.25, 0.3) is 0 Å². The largest absolute Gasteiger partial charge is 0.505 e. The van der Waals surface area contributed by atoms with Gasteiger partial charge in [-0.25, -0.2) is 0 Å². The number of rotatable bonds is 2. The fourth-order valence-electron chi connectivity index (χ4n) is 6.73. The van der Waals surface area contributed by atoms with Crippen LogP contribution < -0.4 is 0 Å². The second-order valence-corrected chi connectivity index (χ2v) is 8.73. The molecule has 2 heteroatoms. The van der Waals surface area contributed by atoms with E-state index in [2.05, 4.69) is 25.2 Å². The Morgan fingerprint density at radius 3 is 2.91 bits per heavy atom. The van der Waals surface area contributed by atoms with E-state index in [0.29, 0.717) is 17.1 Å². The van der Waals surface area contributed by atoms with Crippen molar-refractivity contribution in [3.8, 4) is 0 Å². The first-order valence-corrected chi connectivity index (χ1v) is 9.49. The number of ether oxygens (including phenoxy) is 1. The molecule has 0 aliphatic heterocycles. The molecule has 0 N–H and O–H groups in total. The predicted octanol–water partition coefficient (Wildman–Crippen LogP) is 4.90. The number of hydrogen-bond acceptors (Lipinski definition) is 2. The maximum atomic E-state index is 11.9. The van der Waals surface area contributed by atoms with Crippen LogP contribution in [0.2, 0.25) is 0 Å². The molecule has 4 rings (SSSR count). The summed E-state index contributed by atoms with van der Waals surface area (Å²) >= 11 is 0. The van der Waals surface area contributed by atoms with Crippen LogP contribution in [0.1, 0.15) is 58.3 Å². The number of carbonyl (C=O) groups is 1. The Hall–Kier alpha value is -1.05. The monoisotopic (exact) mass is 314 g/mol. The molecule has 0 radical (unpaired) electrons. The number of allylic oxidation sites excluding steroid dienone is 3. The Morgan fingerprint density at radius 2 is 2.09 bits per heavy atom. The average Bonchev–Trinajstić information content (AvgIpc) is 2.98. The van der Waals surface area contributed by atoms with Crippen molar-refractivity contribution in [2.75, 3.05) is 7.11 Å². The van der Waals surface area contributed by atoms with Gasteiger partial charge in [0.25, 0.3) is 0 Å². The first kappa shape index (κ1) is 15.5. The van der Waals surface area contributed by atoms with Gasteiger partial charge in [-0.1, -0.05) is 19.1 Å². The molecule has 2 nitrogen and oxygen atoms in total. The van der Waals surface area contributed by atoms with Gasteiger partial charge in [0.15, 0.2) is 0 Å². The Morgan fingerprint density at radius 1 is 1.22 bits per heavy atom. The average molecular weight is 314 g/mol. The van der Waals surface area contributed by atoms with Crippen molar-refractivity contribution in [3.63, 3.8) is 0 Å². The Bertz CT molecular complexity index is 548. The van der Waals surface area contributed by atoms with Crippen LogP contribution in [0, 0.1) is 34.5 Å². The van der Waals surface area contributed by atoms with Gasteiger partial charge in [0.2, 0.25) is 0 Å². The summed E-state index contributed by atoms with van der Waals surface area (Å²) in [6.07, 6.45) is 18.3. The lowest BCUT2D eigenvalue weighted by Gasteiger charge is -2.59. The smallest absolute Gasteiger partial charge is 0.133 e. The third-order valence-corrected chi connectivity index (χ3v) is 7.99. The molecule has 0 unspecified atom stereocenters. The molecule has 3 saturated carbocycles. The first-order chi connectivity index (χ1) is 11.1. The molecule has 0 aromatic rings. The third-order valence-electron chi connectivity index (χ3n) is 7.99. The van der Waals surface area contributed by atoms with Gasteiger partial charge in [-0.15, -0.1) is 0 Å². The highest BCUT2D eigenvalue weighted by atomic mass is 16.5. The molecule has 23 heavy (non-hydrogen) atoms. The molecule has 0 aromatic carbocycles. The Kier molecular flexibility index (Phi) is 3.70. The van der Waals surface area contributed by atoms with Crippen LogP contribution in [0.15, 0.2) is 24.5 Å². The molecule has 0 saturated heterocycles. The summed E-state index contributed by atoms with van der Waals surface area (Å²) in [5.74, 6) is 3.57. The quantitative estimate of drug-likeness (QED) is 0.535. The molecular formula is C21H30O2. The van der Waals surface area contributed by atoms with E-state index >= 15 is 0 Å². The summed E-state index contributed by atoms with van der Waals surface area (Å²) in [5, 5.41) is 0. The molecule has 3 fully saturated rings.